The van der Waals surface area contributed by atoms with Crippen molar-refractivity contribution >= 4 is 34.9 Å². The van der Waals surface area contributed by atoms with Crippen LogP contribution >= 0.6 is 15.9 Å². The standard InChI is InChI=1S/C35H53BBrNO4/c1-3-5-26-36-41-32-28-33(42-36)31(23-15-9-13-21-29-19-11-8-12-20-29)30(32)22-14-6-7-16-24-34(39)38(4-2)35(40)25-17-10-18-27-37/h6,8-9,11-12,14-15,19-20,30-33H,3-5,7,10,13,16-18,21-28H2,1-2H3/b14-6?,15-9-/t30-,31-,32+,33?/m1/s1. The smallest absolute Gasteiger partial charge is 0.408 e. The van der Waals surface area contributed by atoms with Gasteiger partial charge < -0.3 is 9.31 Å². The molecule has 2 bridgehead atoms. The minimum atomic E-state index is -0.0631. The summed E-state index contributed by atoms with van der Waals surface area (Å²) in [7, 11) is -0.0631. The van der Waals surface area contributed by atoms with Crippen molar-refractivity contribution in [1.82, 2.24) is 4.90 Å². The Kier molecular flexibility index (Phi) is 16.8. The molecule has 0 aromatic heterocycles. The molecule has 1 aromatic carbocycles. The van der Waals surface area contributed by atoms with Gasteiger partial charge in [0.05, 0.1) is 0 Å². The molecule has 1 unspecified atom stereocenters. The van der Waals surface area contributed by atoms with Crippen LogP contribution in [0, 0.1) is 11.8 Å². The molecular formula is C35H53BBrNO4. The van der Waals surface area contributed by atoms with Crippen LogP contribution in [0.4, 0.5) is 0 Å². The number of amides is 2. The maximum atomic E-state index is 12.7. The summed E-state index contributed by atoms with van der Waals surface area (Å²) < 4.78 is 12.9. The van der Waals surface area contributed by atoms with Gasteiger partial charge in [-0.15, -0.1) is 0 Å². The van der Waals surface area contributed by atoms with Crippen LogP contribution in [0.1, 0.15) is 103 Å². The Bertz CT molecular complexity index is 971. The Hall–Kier alpha value is -1.70. The molecule has 5 nitrogen and oxygen atoms in total. The van der Waals surface area contributed by atoms with Crippen molar-refractivity contribution in [3.05, 3.63) is 60.2 Å². The molecule has 4 atom stereocenters. The molecule has 0 spiro atoms. The van der Waals surface area contributed by atoms with Gasteiger partial charge in [-0.2, -0.15) is 0 Å². The molecule has 1 aromatic rings. The van der Waals surface area contributed by atoms with Gasteiger partial charge in [-0.1, -0.05) is 96.8 Å². The number of alkyl halides is 1. The lowest BCUT2D eigenvalue weighted by Crippen LogP contribution is -2.37. The first kappa shape index (κ1) is 34.8. The fraction of sp³-hybridized carbons (Fsp3) is 0.657. The number of fused-ring (bicyclic) bond motifs is 2. The minimum absolute atomic E-state index is 0.0282. The Morgan fingerprint density at radius 2 is 1.50 bits per heavy atom. The van der Waals surface area contributed by atoms with Crippen LogP contribution in [0.2, 0.25) is 6.32 Å². The first-order chi connectivity index (χ1) is 20.6. The molecule has 2 fully saturated rings. The number of hydrogen-bond donors (Lipinski definition) is 0. The van der Waals surface area contributed by atoms with E-state index in [4.69, 9.17) is 9.31 Å². The second kappa shape index (κ2) is 20.3. The number of halogens is 1. The quantitative estimate of drug-likeness (QED) is 0.0618. The summed E-state index contributed by atoms with van der Waals surface area (Å²) in [6, 6.07) is 10.7. The minimum Gasteiger partial charge on any atom is -0.408 e. The van der Waals surface area contributed by atoms with Gasteiger partial charge in [0.15, 0.2) is 0 Å². The number of nitrogens with zero attached hydrogens (tertiary/aromatic N) is 1. The van der Waals surface area contributed by atoms with Gasteiger partial charge in [0, 0.05) is 36.9 Å². The van der Waals surface area contributed by atoms with Gasteiger partial charge in [0.2, 0.25) is 11.8 Å². The van der Waals surface area contributed by atoms with Crippen LogP contribution in [0.3, 0.4) is 0 Å². The van der Waals surface area contributed by atoms with E-state index in [1.807, 2.05) is 6.92 Å². The van der Waals surface area contributed by atoms with Crippen LogP contribution in [-0.2, 0) is 25.3 Å². The number of benzene rings is 1. The number of allylic oxidation sites excluding steroid dienone is 4. The molecule has 2 aliphatic rings. The van der Waals surface area contributed by atoms with E-state index in [9.17, 15) is 9.59 Å². The summed E-state index contributed by atoms with van der Waals surface area (Å²) >= 11 is 3.43. The third-order valence-electron chi connectivity index (χ3n) is 8.71. The number of rotatable bonds is 20. The summed E-state index contributed by atoms with van der Waals surface area (Å²) in [5.74, 6) is 0.860. The van der Waals surface area contributed by atoms with Crippen LogP contribution in [-0.4, -0.2) is 47.9 Å². The number of carbonyl (C=O) groups is 2. The molecule has 232 valence electrons. The summed E-state index contributed by atoms with van der Waals surface area (Å²) in [6.07, 6.45) is 23.6. The van der Waals surface area contributed by atoms with Crippen molar-refractivity contribution < 1.29 is 18.9 Å². The number of hydrogen-bond acceptors (Lipinski definition) is 4. The lowest BCUT2D eigenvalue weighted by molar-refractivity contribution is -0.144. The zero-order chi connectivity index (χ0) is 30.0. The topological polar surface area (TPSA) is 55.8 Å². The molecule has 2 amide bonds. The highest BCUT2D eigenvalue weighted by Gasteiger charge is 2.49. The normalized spacial score (nSPS) is 21.9. The van der Waals surface area contributed by atoms with Crippen molar-refractivity contribution in [1.29, 1.82) is 0 Å². The van der Waals surface area contributed by atoms with Crippen molar-refractivity contribution in [3.8, 4) is 0 Å². The predicted molar refractivity (Wildman–Crippen MR) is 178 cm³/mol. The number of aryl methyl sites for hydroxylation is 1. The zero-order valence-electron chi connectivity index (χ0n) is 26.1. The molecule has 42 heavy (non-hydrogen) atoms. The van der Waals surface area contributed by atoms with E-state index in [1.54, 1.807) is 0 Å². The molecule has 1 saturated heterocycles. The van der Waals surface area contributed by atoms with E-state index >= 15 is 0 Å². The maximum absolute atomic E-state index is 12.7. The van der Waals surface area contributed by atoms with Gasteiger partial charge >= 0.3 is 7.12 Å². The Morgan fingerprint density at radius 3 is 2.12 bits per heavy atom. The van der Waals surface area contributed by atoms with E-state index in [2.05, 4.69) is 77.5 Å². The van der Waals surface area contributed by atoms with Crippen molar-refractivity contribution in [2.24, 2.45) is 11.8 Å². The van der Waals surface area contributed by atoms with Gasteiger partial charge in [-0.05, 0) is 88.4 Å². The Balaban J connectivity index is 1.45. The van der Waals surface area contributed by atoms with Gasteiger partial charge in [0.1, 0.15) is 0 Å². The molecule has 0 N–H and O–H groups in total. The second-order valence-corrected chi connectivity index (χ2v) is 12.6. The van der Waals surface area contributed by atoms with Crippen LogP contribution in [0.15, 0.2) is 54.6 Å². The first-order valence-electron chi connectivity index (χ1n) is 16.6. The monoisotopic (exact) mass is 641 g/mol. The highest BCUT2D eigenvalue weighted by molar-refractivity contribution is 9.09. The highest BCUT2D eigenvalue weighted by Crippen LogP contribution is 2.45. The number of unbranched alkanes of at least 4 members (excludes halogenated alkanes) is 4. The van der Waals surface area contributed by atoms with Gasteiger partial charge in [-0.3, -0.25) is 14.5 Å². The SMILES string of the molecule is CCCCB1OC2C[C@H](O1)[C@H](CC=CCCCC(=O)N(CC)C(=O)CCCCCBr)[C@H]2C/C=C\CCc1ccccc1. The van der Waals surface area contributed by atoms with E-state index < -0.39 is 0 Å². The van der Waals surface area contributed by atoms with E-state index in [0.29, 0.717) is 31.2 Å². The lowest BCUT2D eigenvalue weighted by atomic mass is 9.80. The molecule has 1 heterocycles. The fourth-order valence-corrected chi connectivity index (χ4v) is 6.74. The second-order valence-electron chi connectivity index (χ2n) is 11.8. The summed E-state index contributed by atoms with van der Waals surface area (Å²) in [6.45, 7) is 4.56. The van der Waals surface area contributed by atoms with Crippen LogP contribution < -0.4 is 0 Å². The molecule has 7 heteroatoms. The average Bonchev–Trinajstić information content (AvgIpc) is 3.24. The Morgan fingerprint density at radius 1 is 0.857 bits per heavy atom. The van der Waals surface area contributed by atoms with E-state index in [0.717, 1.165) is 88.7 Å². The Labute approximate surface area is 264 Å². The molecule has 3 rings (SSSR count). The number of imide groups is 1. The van der Waals surface area contributed by atoms with Crippen molar-refractivity contribution in [2.45, 2.75) is 122 Å². The molecular weight excluding hydrogens is 589 g/mol. The van der Waals surface area contributed by atoms with E-state index in [1.165, 1.54) is 10.5 Å². The van der Waals surface area contributed by atoms with Crippen molar-refractivity contribution in [2.75, 3.05) is 11.9 Å². The maximum Gasteiger partial charge on any atom is 0.457 e. The zero-order valence-corrected chi connectivity index (χ0v) is 27.6. The summed E-state index contributed by atoms with van der Waals surface area (Å²) in [4.78, 5) is 26.6. The van der Waals surface area contributed by atoms with Crippen molar-refractivity contribution in [3.63, 3.8) is 0 Å². The molecule has 1 aliphatic heterocycles. The summed E-state index contributed by atoms with van der Waals surface area (Å²) in [5.41, 5.74) is 1.38. The molecule has 0 radical (unpaired) electrons. The largest absolute Gasteiger partial charge is 0.457 e. The molecule has 1 aliphatic carbocycles. The first-order valence-corrected chi connectivity index (χ1v) is 17.7. The number of carbonyl (C=O) groups excluding carboxylic acids is 2. The molecule has 1 saturated carbocycles. The predicted octanol–water partition coefficient (Wildman–Crippen LogP) is 8.72. The highest BCUT2D eigenvalue weighted by atomic mass is 79.9. The van der Waals surface area contributed by atoms with Crippen LogP contribution in [0.5, 0.6) is 0 Å². The summed E-state index contributed by atoms with van der Waals surface area (Å²) in [5, 5.41) is 0.959. The van der Waals surface area contributed by atoms with Crippen LogP contribution in [0.25, 0.3) is 0 Å². The van der Waals surface area contributed by atoms with Gasteiger partial charge in [-0.25, -0.2) is 0 Å². The fourth-order valence-electron chi connectivity index (χ4n) is 6.34. The van der Waals surface area contributed by atoms with E-state index in [-0.39, 0.29) is 31.1 Å². The van der Waals surface area contributed by atoms with Gasteiger partial charge in [0.25, 0.3) is 0 Å². The third kappa shape index (κ3) is 11.8. The lowest BCUT2D eigenvalue weighted by Gasteiger charge is -2.28. The third-order valence-corrected chi connectivity index (χ3v) is 9.27. The average molecular weight is 643 g/mol.